The lowest BCUT2D eigenvalue weighted by Gasteiger charge is -2.10. The summed E-state index contributed by atoms with van der Waals surface area (Å²) in [6, 6.07) is 7.64. The molecule has 2 heterocycles. The average molecular weight is 351 g/mol. The molecular weight excluding hydrogens is 335 g/mol. The van der Waals surface area contributed by atoms with E-state index in [0.717, 1.165) is 0 Å². The Morgan fingerprint density at radius 2 is 1.76 bits per heavy atom. The van der Waals surface area contributed by atoms with Gasteiger partial charge in [0.05, 0.1) is 7.11 Å². The molecule has 0 saturated heterocycles. The first-order chi connectivity index (χ1) is 11.8. The molecule has 0 aliphatic rings. The summed E-state index contributed by atoms with van der Waals surface area (Å²) in [7, 11) is 1.36. The molecule has 0 radical (unpaired) electrons. The number of alkyl halides is 3. The average Bonchev–Trinajstić information content (AvgIpc) is 2.97. The zero-order valence-corrected chi connectivity index (χ0v) is 13.8. The summed E-state index contributed by atoms with van der Waals surface area (Å²) in [6.07, 6.45) is -4.60. The summed E-state index contributed by atoms with van der Waals surface area (Å²) in [5, 5.41) is 3.00. The van der Waals surface area contributed by atoms with E-state index >= 15 is 0 Å². The Hall–Kier alpha value is -2.84. The molecule has 0 aliphatic carbocycles. The number of aromatic nitrogens is 4. The van der Waals surface area contributed by atoms with E-state index in [2.05, 4.69) is 39.1 Å². The van der Waals surface area contributed by atoms with Gasteiger partial charge in [-0.05, 0) is 23.6 Å². The van der Waals surface area contributed by atoms with Crippen LogP contribution < -0.4 is 10.1 Å². The maximum atomic E-state index is 12.8. The number of anilines is 2. The van der Waals surface area contributed by atoms with Crippen molar-refractivity contribution in [3.63, 3.8) is 0 Å². The van der Waals surface area contributed by atoms with E-state index in [1.54, 1.807) is 0 Å². The molecule has 9 heteroatoms. The number of halogens is 3. The Morgan fingerprint density at radius 1 is 1.08 bits per heavy atom. The molecule has 6 nitrogen and oxygen atoms in total. The van der Waals surface area contributed by atoms with E-state index in [9.17, 15) is 13.2 Å². The van der Waals surface area contributed by atoms with Crippen molar-refractivity contribution in [2.24, 2.45) is 0 Å². The molecule has 3 aromatic rings. The first kappa shape index (κ1) is 17.0. The van der Waals surface area contributed by atoms with Gasteiger partial charge in [0, 0.05) is 5.69 Å². The van der Waals surface area contributed by atoms with Gasteiger partial charge in [-0.1, -0.05) is 26.0 Å². The van der Waals surface area contributed by atoms with Gasteiger partial charge in [-0.2, -0.15) is 18.2 Å². The number of benzene rings is 1. The smallest absolute Gasteiger partial charge is 0.449 e. The van der Waals surface area contributed by atoms with E-state index in [-0.39, 0.29) is 23.0 Å². The SMILES string of the molecule is COc1nc2nc(C(F)(F)F)[nH]c2nc1Nc1ccc(C(C)C)cc1. The highest BCUT2D eigenvalue weighted by Crippen LogP contribution is 2.30. The number of fused-ring (bicyclic) bond motifs is 1. The van der Waals surface area contributed by atoms with Crippen LogP contribution >= 0.6 is 0 Å². The van der Waals surface area contributed by atoms with Crippen LogP contribution in [-0.4, -0.2) is 27.0 Å². The van der Waals surface area contributed by atoms with Crippen LogP contribution in [0.1, 0.15) is 31.2 Å². The van der Waals surface area contributed by atoms with Gasteiger partial charge >= 0.3 is 6.18 Å². The highest BCUT2D eigenvalue weighted by Gasteiger charge is 2.35. The number of imidazole rings is 1. The first-order valence-corrected chi connectivity index (χ1v) is 7.54. The van der Waals surface area contributed by atoms with Crippen molar-refractivity contribution in [3.05, 3.63) is 35.7 Å². The molecule has 25 heavy (non-hydrogen) atoms. The summed E-state index contributed by atoms with van der Waals surface area (Å²) < 4.78 is 43.4. The standard InChI is InChI=1S/C16H16F3N5O/c1-8(2)9-4-6-10(7-5-9)20-13-14(25-3)22-12-11(21-13)23-15(24-12)16(17,18)19/h4-8H,1-3H3,(H2,20,21,22,23,24). The number of hydrogen-bond donors (Lipinski definition) is 2. The maximum Gasteiger partial charge on any atom is 0.449 e. The second-order valence-electron chi connectivity index (χ2n) is 5.74. The Bertz CT molecular complexity index is 887. The topological polar surface area (TPSA) is 75.7 Å². The lowest BCUT2D eigenvalue weighted by Crippen LogP contribution is -2.06. The van der Waals surface area contributed by atoms with Crippen LogP contribution in [-0.2, 0) is 6.18 Å². The summed E-state index contributed by atoms with van der Waals surface area (Å²) in [6.45, 7) is 4.17. The largest absolute Gasteiger partial charge is 0.478 e. The van der Waals surface area contributed by atoms with Crippen molar-refractivity contribution >= 4 is 22.8 Å². The van der Waals surface area contributed by atoms with Crippen LogP contribution in [0.4, 0.5) is 24.7 Å². The van der Waals surface area contributed by atoms with E-state index in [1.165, 1.54) is 12.7 Å². The van der Waals surface area contributed by atoms with Crippen LogP contribution in [0.3, 0.4) is 0 Å². The molecule has 0 atom stereocenters. The molecule has 0 unspecified atom stereocenters. The Balaban J connectivity index is 1.97. The second-order valence-corrected chi connectivity index (χ2v) is 5.74. The van der Waals surface area contributed by atoms with Gasteiger partial charge in [-0.15, -0.1) is 0 Å². The Labute approximate surface area is 141 Å². The van der Waals surface area contributed by atoms with Crippen molar-refractivity contribution in [2.45, 2.75) is 25.9 Å². The van der Waals surface area contributed by atoms with E-state index in [1.807, 2.05) is 24.3 Å². The number of aromatic amines is 1. The molecule has 0 bridgehead atoms. The summed E-state index contributed by atoms with van der Waals surface area (Å²) in [5.74, 6) is -0.501. The van der Waals surface area contributed by atoms with Gasteiger partial charge < -0.3 is 15.0 Å². The van der Waals surface area contributed by atoms with E-state index in [4.69, 9.17) is 4.74 Å². The number of H-pyrrole nitrogens is 1. The minimum Gasteiger partial charge on any atom is -0.478 e. The predicted molar refractivity (Wildman–Crippen MR) is 87.1 cm³/mol. The van der Waals surface area contributed by atoms with Gasteiger partial charge in [-0.3, -0.25) is 0 Å². The lowest BCUT2D eigenvalue weighted by molar-refractivity contribution is -0.144. The number of nitrogens with one attached hydrogen (secondary N) is 2. The number of rotatable bonds is 4. The number of nitrogens with zero attached hydrogens (tertiary/aromatic N) is 3. The fraction of sp³-hybridized carbons (Fsp3) is 0.312. The lowest BCUT2D eigenvalue weighted by atomic mass is 10.0. The molecule has 0 aliphatic heterocycles. The van der Waals surface area contributed by atoms with Crippen molar-refractivity contribution in [1.29, 1.82) is 0 Å². The zero-order chi connectivity index (χ0) is 18.2. The van der Waals surface area contributed by atoms with Crippen LogP contribution in [0, 0.1) is 0 Å². The minimum absolute atomic E-state index is 0.0562. The van der Waals surface area contributed by atoms with Gasteiger partial charge in [0.15, 0.2) is 11.5 Å². The predicted octanol–water partition coefficient (Wildman–Crippen LogP) is 4.25. The molecule has 2 aromatic heterocycles. The normalized spacial score (nSPS) is 12.0. The van der Waals surface area contributed by atoms with Crippen molar-refractivity contribution in [3.8, 4) is 5.88 Å². The molecule has 0 saturated carbocycles. The molecular formula is C16H16F3N5O. The fourth-order valence-corrected chi connectivity index (χ4v) is 2.27. The van der Waals surface area contributed by atoms with Crippen LogP contribution in [0.15, 0.2) is 24.3 Å². The number of hydrogen-bond acceptors (Lipinski definition) is 5. The van der Waals surface area contributed by atoms with Crippen LogP contribution in [0.25, 0.3) is 11.3 Å². The summed E-state index contributed by atoms with van der Waals surface area (Å²) in [4.78, 5) is 13.6. The third-order valence-corrected chi connectivity index (χ3v) is 3.60. The van der Waals surface area contributed by atoms with Gasteiger partial charge in [0.25, 0.3) is 5.88 Å². The fourth-order valence-electron chi connectivity index (χ4n) is 2.27. The van der Waals surface area contributed by atoms with Crippen molar-refractivity contribution in [2.75, 3.05) is 12.4 Å². The van der Waals surface area contributed by atoms with Gasteiger partial charge in [0.1, 0.15) is 0 Å². The minimum atomic E-state index is -4.60. The number of ether oxygens (including phenoxy) is 1. The van der Waals surface area contributed by atoms with E-state index in [0.29, 0.717) is 11.6 Å². The van der Waals surface area contributed by atoms with Crippen molar-refractivity contribution < 1.29 is 17.9 Å². The molecule has 2 N–H and O–H groups in total. The van der Waals surface area contributed by atoms with E-state index < -0.39 is 12.0 Å². The van der Waals surface area contributed by atoms with Crippen molar-refractivity contribution in [1.82, 2.24) is 19.9 Å². The first-order valence-electron chi connectivity index (χ1n) is 7.54. The molecule has 0 fully saturated rings. The van der Waals surface area contributed by atoms with Gasteiger partial charge in [0.2, 0.25) is 11.5 Å². The molecule has 132 valence electrons. The highest BCUT2D eigenvalue weighted by molar-refractivity contribution is 5.72. The van der Waals surface area contributed by atoms with Crippen LogP contribution in [0.5, 0.6) is 5.88 Å². The quantitative estimate of drug-likeness (QED) is 0.735. The zero-order valence-electron chi connectivity index (χ0n) is 13.8. The maximum absolute atomic E-state index is 12.8. The third kappa shape index (κ3) is 3.49. The highest BCUT2D eigenvalue weighted by atomic mass is 19.4. The monoisotopic (exact) mass is 351 g/mol. The molecule has 0 amide bonds. The van der Waals surface area contributed by atoms with Gasteiger partial charge in [-0.25, -0.2) is 9.97 Å². The molecule has 0 spiro atoms. The molecule has 3 rings (SSSR count). The molecule has 1 aromatic carbocycles. The third-order valence-electron chi connectivity index (χ3n) is 3.60. The number of methoxy groups -OCH3 is 1. The summed E-state index contributed by atoms with van der Waals surface area (Å²) in [5.41, 5.74) is 1.65. The summed E-state index contributed by atoms with van der Waals surface area (Å²) >= 11 is 0. The second kappa shape index (κ2) is 6.23. The van der Waals surface area contributed by atoms with Crippen LogP contribution in [0.2, 0.25) is 0 Å². The Morgan fingerprint density at radius 3 is 2.32 bits per heavy atom. The Kier molecular flexibility index (Phi) is 4.23.